The van der Waals surface area contributed by atoms with Gasteiger partial charge in [0.25, 0.3) is 0 Å². The van der Waals surface area contributed by atoms with Gasteiger partial charge in [-0.2, -0.15) is 0 Å². The normalized spacial score (nSPS) is 13.8. The van der Waals surface area contributed by atoms with Gasteiger partial charge < -0.3 is 9.66 Å². The van der Waals surface area contributed by atoms with Crippen LogP contribution in [-0.4, -0.2) is 29.4 Å². The first-order valence-corrected chi connectivity index (χ1v) is 13.5. The molecule has 0 aliphatic rings. The largest absolute Gasteiger partial charge is 1.00 e. The van der Waals surface area contributed by atoms with Gasteiger partial charge >= 0.3 is 51.4 Å². The molecule has 170 valence electrons. The molecule has 6 heteroatoms. The number of unbranched alkanes of at least 4 members (excludes halogenated alkanes) is 15. The molecule has 0 aliphatic heterocycles. The summed E-state index contributed by atoms with van der Waals surface area (Å²) < 4.78 is 34.6. The van der Waals surface area contributed by atoms with Gasteiger partial charge in [0, 0.05) is 0 Å². The first-order valence-electron chi connectivity index (χ1n) is 12.1. The van der Waals surface area contributed by atoms with Crippen molar-refractivity contribution in [1.82, 2.24) is 0 Å². The van der Waals surface area contributed by atoms with Crippen LogP contribution in [-0.2, 0) is 10.1 Å². The molecule has 0 aromatic heterocycles. The fraction of sp³-hybridized carbons (Fsp3) is 1.00. The summed E-state index contributed by atoms with van der Waals surface area (Å²) >= 11 is 0. The standard InChI is InChI=1S/C23H48O4S.K/c1-3-5-7-9-11-12-13-14-15-16-18-20-22(24)23(28(25,26)27)21-19-17-10-8-6-4-2;/h22-24H,3-21H2,1-2H3,(H,25,26,27);/q;+1/p-1. The summed E-state index contributed by atoms with van der Waals surface area (Å²) in [6.07, 6.45) is 19.4. The van der Waals surface area contributed by atoms with E-state index in [2.05, 4.69) is 13.8 Å². The van der Waals surface area contributed by atoms with Gasteiger partial charge in [-0.1, -0.05) is 123 Å². The van der Waals surface area contributed by atoms with Crippen molar-refractivity contribution >= 4 is 10.1 Å². The summed E-state index contributed by atoms with van der Waals surface area (Å²) in [5.74, 6) is 0. The number of rotatable bonds is 21. The van der Waals surface area contributed by atoms with Gasteiger partial charge in [0.15, 0.2) is 0 Å². The van der Waals surface area contributed by atoms with Crippen LogP contribution in [0.5, 0.6) is 0 Å². The van der Waals surface area contributed by atoms with Crippen molar-refractivity contribution < 1.29 is 69.5 Å². The molecule has 4 nitrogen and oxygen atoms in total. The van der Waals surface area contributed by atoms with E-state index in [-0.39, 0.29) is 51.4 Å². The summed E-state index contributed by atoms with van der Waals surface area (Å²) in [7, 11) is -4.43. The second-order valence-corrected chi connectivity index (χ2v) is 10.1. The number of aliphatic hydroxyl groups is 1. The molecule has 0 aromatic carbocycles. The van der Waals surface area contributed by atoms with Gasteiger partial charge in [-0.25, -0.2) is 8.42 Å². The Bertz CT molecular complexity index is 429. The molecule has 0 spiro atoms. The topological polar surface area (TPSA) is 77.4 Å². The van der Waals surface area contributed by atoms with E-state index in [0.29, 0.717) is 19.3 Å². The molecule has 0 rings (SSSR count). The molecular formula is C23H47KO4S. The Labute approximate surface area is 224 Å². The van der Waals surface area contributed by atoms with Crippen molar-refractivity contribution in [2.24, 2.45) is 0 Å². The van der Waals surface area contributed by atoms with Gasteiger partial charge in [-0.05, 0) is 12.8 Å². The quantitative estimate of drug-likeness (QED) is 0.162. The maximum atomic E-state index is 11.5. The summed E-state index contributed by atoms with van der Waals surface area (Å²) in [5.41, 5.74) is 0. The summed E-state index contributed by atoms with van der Waals surface area (Å²) in [5, 5.41) is 9.13. The monoisotopic (exact) mass is 458 g/mol. The van der Waals surface area contributed by atoms with Crippen LogP contribution >= 0.6 is 0 Å². The van der Waals surface area contributed by atoms with Gasteiger partial charge in [0.05, 0.1) is 11.4 Å². The average molecular weight is 459 g/mol. The Hall–Kier alpha value is 1.51. The summed E-state index contributed by atoms with van der Waals surface area (Å²) in [6.45, 7) is 4.39. The zero-order valence-electron chi connectivity index (χ0n) is 19.7. The van der Waals surface area contributed by atoms with Crippen LogP contribution in [0.15, 0.2) is 0 Å². The summed E-state index contributed by atoms with van der Waals surface area (Å²) in [6, 6.07) is 0. The molecule has 0 saturated carbocycles. The van der Waals surface area contributed by atoms with E-state index in [4.69, 9.17) is 0 Å². The Morgan fingerprint density at radius 2 is 0.931 bits per heavy atom. The van der Waals surface area contributed by atoms with Crippen molar-refractivity contribution in [3.63, 3.8) is 0 Å². The minimum Gasteiger partial charge on any atom is -0.748 e. The third-order valence-electron chi connectivity index (χ3n) is 5.75. The fourth-order valence-electron chi connectivity index (χ4n) is 3.86. The van der Waals surface area contributed by atoms with Crippen LogP contribution in [0.1, 0.15) is 136 Å². The van der Waals surface area contributed by atoms with Gasteiger partial charge in [0.1, 0.15) is 10.1 Å². The maximum Gasteiger partial charge on any atom is 1.00 e. The third kappa shape index (κ3) is 21.1. The Morgan fingerprint density at radius 1 is 0.621 bits per heavy atom. The van der Waals surface area contributed by atoms with Gasteiger partial charge in [0.2, 0.25) is 0 Å². The van der Waals surface area contributed by atoms with Crippen LogP contribution in [0.3, 0.4) is 0 Å². The van der Waals surface area contributed by atoms with Crippen molar-refractivity contribution in [3.05, 3.63) is 0 Å². The average Bonchev–Trinajstić information content (AvgIpc) is 2.64. The molecule has 29 heavy (non-hydrogen) atoms. The van der Waals surface area contributed by atoms with Crippen LogP contribution < -0.4 is 51.4 Å². The van der Waals surface area contributed by atoms with Crippen LogP contribution in [0, 0.1) is 0 Å². The molecule has 0 fully saturated rings. The van der Waals surface area contributed by atoms with E-state index in [1.54, 1.807) is 0 Å². The minimum absolute atomic E-state index is 0. The first kappa shape index (κ1) is 32.7. The molecule has 0 heterocycles. The Kier molecular flexibility index (Phi) is 25.6. The van der Waals surface area contributed by atoms with Crippen molar-refractivity contribution in [2.45, 2.75) is 147 Å². The van der Waals surface area contributed by atoms with E-state index in [0.717, 1.165) is 38.5 Å². The summed E-state index contributed by atoms with van der Waals surface area (Å²) in [4.78, 5) is 0. The van der Waals surface area contributed by atoms with E-state index in [9.17, 15) is 18.1 Å². The smallest absolute Gasteiger partial charge is 0.748 e. The molecule has 0 amide bonds. The minimum atomic E-state index is -4.43. The third-order valence-corrected chi connectivity index (χ3v) is 7.04. The van der Waals surface area contributed by atoms with E-state index in [1.165, 1.54) is 64.2 Å². The van der Waals surface area contributed by atoms with E-state index < -0.39 is 21.5 Å². The van der Waals surface area contributed by atoms with Crippen LogP contribution in [0.4, 0.5) is 0 Å². The van der Waals surface area contributed by atoms with E-state index in [1.807, 2.05) is 0 Å². The van der Waals surface area contributed by atoms with E-state index >= 15 is 0 Å². The molecule has 0 radical (unpaired) electrons. The SMILES string of the molecule is CCCCCCCCCCCCCC(O)C(CCCCCCCC)S(=O)(=O)[O-].[K+]. The Morgan fingerprint density at radius 3 is 1.28 bits per heavy atom. The first-order chi connectivity index (χ1) is 13.4. The van der Waals surface area contributed by atoms with Crippen LogP contribution in [0.25, 0.3) is 0 Å². The molecule has 2 atom stereocenters. The Balaban J connectivity index is 0. The zero-order chi connectivity index (χ0) is 21.1. The molecule has 1 N–H and O–H groups in total. The second kappa shape index (κ2) is 22.7. The predicted molar refractivity (Wildman–Crippen MR) is 119 cm³/mol. The van der Waals surface area contributed by atoms with Crippen molar-refractivity contribution in [2.75, 3.05) is 0 Å². The number of aliphatic hydroxyl groups excluding tert-OH is 1. The molecule has 2 unspecified atom stereocenters. The van der Waals surface area contributed by atoms with Crippen molar-refractivity contribution in [1.29, 1.82) is 0 Å². The molecular weight excluding hydrogens is 411 g/mol. The molecule has 0 aliphatic carbocycles. The zero-order valence-corrected chi connectivity index (χ0v) is 23.6. The number of hydrogen-bond donors (Lipinski definition) is 1. The number of hydrogen-bond acceptors (Lipinski definition) is 4. The van der Waals surface area contributed by atoms with Gasteiger partial charge in [-0.15, -0.1) is 0 Å². The molecule has 0 saturated heterocycles. The second-order valence-electron chi connectivity index (χ2n) is 8.48. The molecule has 0 bridgehead atoms. The van der Waals surface area contributed by atoms with Crippen molar-refractivity contribution in [3.8, 4) is 0 Å². The fourth-order valence-corrected chi connectivity index (χ4v) is 4.83. The molecule has 0 aromatic rings. The van der Waals surface area contributed by atoms with Gasteiger partial charge in [-0.3, -0.25) is 0 Å². The predicted octanol–water partition coefficient (Wildman–Crippen LogP) is 3.72. The maximum absolute atomic E-state index is 11.5. The van der Waals surface area contributed by atoms with Crippen LogP contribution in [0.2, 0.25) is 0 Å².